The van der Waals surface area contributed by atoms with E-state index < -0.39 is 39.0 Å². The maximum absolute atomic E-state index is 13.7. The third kappa shape index (κ3) is 3.67. The summed E-state index contributed by atoms with van der Waals surface area (Å²) in [6.07, 6.45) is 4.80. The minimum atomic E-state index is -4.10. The Kier molecular flexibility index (Phi) is 5.52. The van der Waals surface area contributed by atoms with E-state index in [9.17, 15) is 22.4 Å². The monoisotopic (exact) mass is 506 g/mol. The number of nitrogens with one attached hydrogen (secondary N) is 3. The van der Waals surface area contributed by atoms with Crippen molar-refractivity contribution in [3.05, 3.63) is 90.2 Å². The number of H-pyrrole nitrogens is 2. The fraction of sp³-hybridized carbons (Fsp3) is 0.0833. The van der Waals surface area contributed by atoms with E-state index in [1.807, 2.05) is 0 Å². The number of carbonyl (C=O) groups excluding carboxylic acids is 2. The minimum Gasteiger partial charge on any atom is -0.368 e. The number of nitrogens with zero attached hydrogens (tertiary/aromatic N) is 2. The van der Waals surface area contributed by atoms with Crippen molar-refractivity contribution in [3.8, 4) is 0 Å². The van der Waals surface area contributed by atoms with Crippen LogP contribution in [0.25, 0.3) is 10.9 Å². The Morgan fingerprint density at radius 2 is 1.89 bits per heavy atom. The first kappa shape index (κ1) is 23.2. The fourth-order valence-corrected chi connectivity index (χ4v) is 5.48. The van der Waals surface area contributed by atoms with Crippen LogP contribution >= 0.6 is 0 Å². The van der Waals surface area contributed by atoms with E-state index in [1.165, 1.54) is 48.7 Å². The highest BCUT2D eigenvalue weighted by atomic mass is 32.2. The Balaban J connectivity index is 1.64. The number of aromatic nitrogens is 3. The molecule has 1 aliphatic heterocycles. The molecule has 0 radical (unpaired) electrons. The molecule has 2 unspecified atom stereocenters. The summed E-state index contributed by atoms with van der Waals surface area (Å²) in [5.41, 5.74) is 4.89. The average Bonchev–Trinajstić information content (AvgIpc) is 3.54. The van der Waals surface area contributed by atoms with E-state index in [0.717, 1.165) is 12.1 Å². The highest BCUT2D eigenvalue weighted by Crippen LogP contribution is 2.37. The van der Waals surface area contributed by atoms with Crippen molar-refractivity contribution >= 4 is 38.8 Å². The molecule has 3 heterocycles. The van der Waals surface area contributed by atoms with Crippen molar-refractivity contribution < 1.29 is 22.4 Å². The second-order valence-corrected chi connectivity index (χ2v) is 10.0. The average molecular weight is 507 g/mol. The zero-order chi connectivity index (χ0) is 25.5. The molecule has 4 aromatic rings. The number of amides is 2. The zero-order valence-corrected chi connectivity index (χ0v) is 19.3. The van der Waals surface area contributed by atoms with Crippen LogP contribution in [-0.4, -0.2) is 47.8 Å². The van der Waals surface area contributed by atoms with Gasteiger partial charge in [0.15, 0.2) is 0 Å². The molecule has 5 N–H and O–H groups in total. The first-order valence-corrected chi connectivity index (χ1v) is 12.2. The van der Waals surface area contributed by atoms with Crippen molar-refractivity contribution in [1.82, 2.24) is 20.5 Å². The van der Waals surface area contributed by atoms with E-state index in [4.69, 9.17) is 5.73 Å². The molecule has 0 fully saturated rings. The van der Waals surface area contributed by atoms with Crippen LogP contribution in [0.1, 0.15) is 16.2 Å². The highest BCUT2D eigenvalue weighted by Gasteiger charge is 2.48. The van der Waals surface area contributed by atoms with E-state index in [0.29, 0.717) is 5.52 Å². The fourth-order valence-electron chi connectivity index (χ4n) is 4.17. The second kappa shape index (κ2) is 8.57. The van der Waals surface area contributed by atoms with Crippen LogP contribution in [0.3, 0.4) is 0 Å². The second-order valence-electron chi connectivity index (χ2n) is 8.09. The van der Waals surface area contributed by atoms with Crippen molar-refractivity contribution in [2.24, 2.45) is 10.7 Å². The smallest absolute Gasteiger partial charge is 0.269 e. The molecule has 0 spiro atoms. The molecule has 36 heavy (non-hydrogen) atoms. The molecule has 1 aliphatic rings. The van der Waals surface area contributed by atoms with Gasteiger partial charge in [0.05, 0.1) is 21.0 Å². The van der Waals surface area contributed by atoms with Gasteiger partial charge in [0, 0.05) is 17.8 Å². The quantitative estimate of drug-likeness (QED) is 0.314. The van der Waals surface area contributed by atoms with Gasteiger partial charge in [0.2, 0.25) is 15.7 Å². The number of allylic oxidation sites excluding steroid dienone is 1. The highest BCUT2D eigenvalue weighted by molar-refractivity contribution is 7.91. The number of aliphatic imine (C=N–C) groups is 1. The number of aromatic amines is 2. The number of carbonyl (C=O) groups is 2. The summed E-state index contributed by atoms with van der Waals surface area (Å²) in [6.45, 7) is 0. The molecule has 0 saturated carbocycles. The van der Waals surface area contributed by atoms with E-state index in [2.05, 4.69) is 25.5 Å². The summed E-state index contributed by atoms with van der Waals surface area (Å²) in [7, 11) is -4.10. The molecule has 12 heteroatoms. The summed E-state index contributed by atoms with van der Waals surface area (Å²) in [6, 6.07) is 12.0. The van der Waals surface area contributed by atoms with Gasteiger partial charge in [-0.15, -0.1) is 0 Å². The molecule has 0 saturated heterocycles. The summed E-state index contributed by atoms with van der Waals surface area (Å²) in [5, 5.41) is 9.95. The van der Waals surface area contributed by atoms with E-state index in [-0.39, 0.29) is 26.6 Å². The largest absolute Gasteiger partial charge is 0.368 e. The molecule has 10 nitrogen and oxygen atoms in total. The van der Waals surface area contributed by atoms with Crippen molar-refractivity contribution in [3.63, 3.8) is 0 Å². The van der Waals surface area contributed by atoms with E-state index >= 15 is 0 Å². The van der Waals surface area contributed by atoms with Gasteiger partial charge in [-0.2, -0.15) is 5.10 Å². The minimum absolute atomic E-state index is 0.141. The first-order valence-electron chi connectivity index (χ1n) is 10.7. The molecule has 2 aromatic heterocycles. The number of nitrogens with two attached hydrogens (primary N) is 1. The maximum atomic E-state index is 13.7. The number of halogens is 1. The van der Waals surface area contributed by atoms with Gasteiger partial charge in [-0.25, -0.2) is 12.8 Å². The normalized spacial score (nSPS) is 19.4. The zero-order valence-electron chi connectivity index (χ0n) is 18.5. The number of rotatable bonds is 6. The molecule has 0 bridgehead atoms. The number of dihydropyridines is 1. The third-order valence-electron chi connectivity index (χ3n) is 5.99. The third-order valence-corrected chi connectivity index (χ3v) is 7.73. The lowest BCUT2D eigenvalue weighted by atomic mass is 9.77. The molecule has 2 atom stereocenters. The van der Waals surface area contributed by atoms with Crippen molar-refractivity contribution in [1.29, 1.82) is 0 Å². The van der Waals surface area contributed by atoms with E-state index in [1.54, 1.807) is 18.3 Å². The van der Waals surface area contributed by atoms with Gasteiger partial charge in [-0.1, -0.05) is 12.1 Å². The molecule has 0 aliphatic carbocycles. The SMILES string of the molecule is NC(=O)C1(c2[nH]nc3ccc(S(=O)(=O)c4cccc(F)c4)cc23)C=CC=NC1NC(=O)c1ccc[nH]1. The predicted molar refractivity (Wildman–Crippen MR) is 128 cm³/mol. The van der Waals surface area contributed by atoms with Crippen LogP contribution in [0.5, 0.6) is 0 Å². The topological polar surface area (TPSA) is 163 Å². The Labute approximate surface area is 204 Å². The molecule has 5 rings (SSSR count). The molecule has 2 amide bonds. The van der Waals surface area contributed by atoms with Crippen LogP contribution in [0, 0.1) is 5.82 Å². The van der Waals surface area contributed by atoms with Gasteiger partial charge in [-0.05, 0) is 54.6 Å². The van der Waals surface area contributed by atoms with Crippen LogP contribution < -0.4 is 11.1 Å². The Hall–Kier alpha value is -4.58. The van der Waals surface area contributed by atoms with Crippen LogP contribution in [0.4, 0.5) is 4.39 Å². The number of sulfone groups is 1. The lowest BCUT2D eigenvalue weighted by Crippen LogP contribution is -2.56. The number of hydrogen-bond acceptors (Lipinski definition) is 6. The van der Waals surface area contributed by atoms with Crippen LogP contribution in [-0.2, 0) is 20.0 Å². The van der Waals surface area contributed by atoms with Gasteiger partial charge < -0.3 is 16.0 Å². The number of benzene rings is 2. The Morgan fingerprint density at radius 1 is 1.08 bits per heavy atom. The number of fused-ring (bicyclic) bond motifs is 1. The summed E-state index contributed by atoms with van der Waals surface area (Å²) >= 11 is 0. The Morgan fingerprint density at radius 3 is 2.61 bits per heavy atom. The van der Waals surface area contributed by atoms with Crippen molar-refractivity contribution in [2.75, 3.05) is 0 Å². The first-order chi connectivity index (χ1) is 17.2. The predicted octanol–water partition coefficient (Wildman–Crippen LogP) is 1.98. The summed E-state index contributed by atoms with van der Waals surface area (Å²) < 4.78 is 40.1. The summed E-state index contributed by atoms with van der Waals surface area (Å²) in [5.74, 6) is -2.07. The molecule has 182 valence electrons. The molecular weight excluding hydrogens is 487 g/mol. The van der Waals surface area contributed by atoms with Gasteiger partial charge >= 0.3 is 0 Å². The molecular formula is C24H19FN6O4S. The molecule has 2 aromatic carbocycles. The lowest BCUT2D eigenvalue weighted by Gasteiger charge is -2.34. The van der Waals surface area contributed by atoms with Gasteiger partial charge in [0.25, 0.3) is 5.91 Å². The van der Waals surface area contributed by atoms with Crippen LogP contribution in [0.2, 0.25) is 0 Å². The maximum Gasteiger partial charge on any atom is 0.269 e. The van der Waals surface area contributed by atoms with Crippen molar-refractivity contribution in [2.45, 2.75) is 21.4 Å². The standard InChI is InChI=1S/C24H19FN6O4S/c25-14-4-1-5-15(12-14)36(34,35)16-7-8-18-17(13-16)20(31-30-18)24(22(26)33)9-3-11-28-23(24)29-21(32)19-6-2-10-27-19/h1-13,23,27H,(H2,26,33)(H,29,32)(H,30,31). The number of hydrogen-bond donors (Lipinski definition) is 4. The van der Waals surface area contributed by atoms with Gasteiger partial charge in [-0.3, -0.25) is 19.7 Å². The lowest BCUT2D eigenvalue weighted by molar-refractivity contribution is -0.122. The number of primary amides is 1. The Bertz CT molecular complexity index is 1660. The summed E-state index contributed by atoms with van der Waals surface area (Å²) in [4.78, 5) is 32.4. The van der Waals surface area contributed by atoms with Gasteiger partial charge in [0.1, 0.15) is 23.1 Å². The van der Waals surface area contributed by atoms with Crippen LogP contribution in [0.15, 0.2) is 87.7 Å².